The molecule has 0 amide bonds. The predicted molar refractivity (Wildman–Crippen MR) is 188 cm³/mol. The van der Waals surface area contributed by atoms with E-state index in [4.69, 9.17) is 9.47 Å². The Morgan fingerprint density at radius 1 is 0.535 bits per heavy atom. The zero-order chi connectivity index (χ0) is 28.9. The summed E-state index contributed by atoms with van der Waals surface area (Å²) < 4.78 is 17.1. The minimum Gasteiger partial charge on any atom is -0.496 e. The van der Waals surface area contributed by atoms with Crippen molar-refractivity contribution >= 4 is 86.9 Å². The first-order valence-electron chi connectivity index (χ1n) is 14.1. The summed E-state index contributed by atoms with van der Waals surface area (Å²) in [4.78, 5) is 0. The molecule has 0 saturated carbocycles. The molecule has 2 heterocycles. The molecule has 1 radical (unpaired) electrons. The van der Waals surface area contributed by atoms with Gasteiger partial charge < -0.3 is 9.47 Å². The van der Waals surface area contributed by atoms with Gasteiger partial charge in [0, 0.05) is 51.5 Å². The van der Waals surface area contributed by atoms with Gasteiger partial charge in [-0.25, -0.2) is 0 Å². The van der Waals surface area contributed by atoms with E-state index in [9.17, 15) is 0 Å². The number of thiophene rings is 2. The molecule has 0 spiro atoms. The van der Waals surface area contributed by atoms with Gasteiger partial charge in [0.25, 0.3) is 0 Å². The third-order valence-corrected chi connectivity index (χ3v) is 12.7. The first-order valence-corrected chi connectivity index (χ1v) is 17.1. The second-order valence-corrected chi connectivity index (χ2v) is 14.7. The Labute approximate surface area is 259 Å². The Morgan fingerprint density at radius 3 is 1.70 bits per heavy atom. The van der Waals surface area contributed by atoms with E-state index in [-0.39, 0.29) is 0 Å². The summed E-state index contributed by atoms with van der Waals surface area (Å²) >= 11 is 3.71. The van der Waals surface area contributed by atoms with Gasteiger partial charge in [-0.1, -0.05) is 72.8 Å². The molecule has 2 nitrogen and oxygen atoms in total. The number of benzene rings is 6. The zero-order valence-electron chi connectivity index (χ0n) is 23.6. The molecule has 0 bridgehead atoms. The van der Waals surface area contributed by atoms with Crippen LogP contribution in [-0.2, 0) is 0 Å². The molecule has 43 heavy (non-hydrogen) atoms. The summed E-state index contributed by atoms with van der Waals surface area (Å²) in [5, 5.41) is 9.04. The molecule has 0 saturated heterocycles. The molecule has 6 aromatic carbocycles. The minimum absolute atomic E-state index is 0.779. The van der Waals surface area contributed by atoms with Crippen molar-refractivity contribution in [3.8, 4) is 22.6 Å². The van der Waals surface area contributed by atoms with E-state index in [1.54, 1.807) is 14.2 Å². The lowest BCUT2D eigenvalue weighted by atomic mass is 10.0. The van der Waals surface area contributed by atoms with Gasteiger partial charge in [0.2, 0.25) is 0 Å². The largest absolute Gasteiger partial charge is 0.496 e. The molecular formula is C38H26O2PS2. The van der Waals surface area contributed by atoms with E-state index in [1.165, 1.54) is 56.3 Å². The number of hydrogen-bond acceptors (Lipinski definition) is 4. The van der Waals surface area contributed by atoms with Crippen LogP contribution in [0, 0.1) is 6.07 Å². The molecule has 2 aromatic heterocycles. The van der Waals surface area contributed by atoms with E-state index in [1.807, 2.05) is 46.9 Å². The highest BCUT2D eigenvalue weighted by atomic mass is 32.1. The van der Waals surface area contributed by atoms with Gasteiger partial charge in [-0.2, -0.15) is 0 Å². The number of methoxy groups -OCH3 is 2. The molecule has 0 aliphatic rings. The van der Waals surface area contributed by atoms with Crippen molar-refractivity contribution in [3.05, 3.63) is 127 Å². The maximum Gasteiger partial charge on any atom is 0.127 e. The smallest absolute Gasteiger partial charge is 0.127 e. The summed E-state index contributed by atoms with van der Waals surface area (Å²) in [7, 11) is 2.47. The molecule has 0 aliphatic carbocycles. The third kappa shape index (κ3) is 4.41. The van der Waals surface area contributed by atoms with Gasteiger partial charge in [0.1, 0.15) is 11.5 Å². The van der Waals surface area contributed by atoms with Crippen LogP contribution < -0.4 is 25.4 Å². The summed E-state index contributed by atoms with van der Waals surface area (Å²) in [5.74, 6) is 1.59. The monoisotopic (exact) mass is 609 g/mol. The van der Waals surface area contributed by atoms with Crippen molar-refractivity contribution in [2.75, 3.05) is 14.2 Å². The summed E-state index contributed by atoms with van der Waals surface area (Å²) in [5.41, 5.74) is 1.94. The molecule has 5 heteroatoms. The zero-order valence-corrected chi connectivity index (χ0v) is 26.2. The Bertz CT molecular complexity index is 2180. The highest BCUT2D eigenvalue weighted by Gasteiger charge is 2.26. The van der Waals surface area contributed by atoms with Gasteiger partial charge in [-0.3, -0.25) is 0 Å². The molecule has 8 rings (SSSR count). The van der Waals surface area contributed by atoms with Crippen molar-refractivity contribution in [1.29, 1.82) is 0 Å². The van der Waals surface area contributed by atoms with E-state index in [0.29, 0.717) is 0 Å². The van der Waals surface area contributed by atoms with Crippen molar-refractivity contribution in [2.24, 2.45) is 0 Å². The fraction of sp³-hybridized carbons (Fsp3) is 0.0526. The van der Waals surface area contributed by atoms with Crippen LogP contribution in [0.15, 0.2) is 121 Å². The van der Waals surface area contributed by atoms with E-state index in [2.05, 4.69) is 103 Å². The van der Waals surface area contributed by atoms with Crippen LogP contribution in [0.4, 0.5) is 0 Å². The fourth-order valence-corrected chi connectivity index (χ4v) is 10.7. The second kappa shape index (κ2) is 10.8. The standard InChI is InChI=1S/C38H26O2PS2/c1-39-31-13-6-3-12-28(31)38-32(40-2)14-9-15-33(38)41(24-18-20-36-29(22-24)26-10-4-7-16-34(26)42-36)25-19-21-37-30(23-25)27-11-5-8-17-35(27)43-37/h3-11,13-23H,1-2H3. The molecule has 0 atom stereocenters. The quantitative estimate of drug-likeness (QED) is 0.175. The summed E-state index contributed by atoms with van der Waals surface area (Å²) in [6, 6.07) is 47.3. The van der Waals surface area contributed by atoms with Crippen molar-refractivity contribution in [1.82, 2.24) is 0 Å². The van der Waals surface area contributed by atoms with Gasteiger partial charge in [0.15, 0.2) is 0 Å². The molecule has 0 aliphatic heterocycles. The van der Waals surface area contributed by atoms with Crippen LogP contribution in [0.25, 0.3) is 51.5 Å². The van der Waals surface area contributed by atoms with Crippen LogP contribution >= 0.6 is 30.6 Å². The van der Waals surface area contributed by atoms with E-state index >= 15 is 0 Å². The fourth-order valence-electron chi connectivity index (χ4n) is 6.05. The van der Waals surface area contributed by atoms with Crippen molar-refractivity contribution in [2.45, 2.75) is 0 Å². The van der Waals surface area contributed by atoms with Gasteiger partial charge >= 0.3 is 0 Å². The number of rotatable bonds is 6. The normalized spacial score (nSPS) is 11.7. The Kier molecular flexibility index (Phi) is 6.64. The van der Waals surface area contributed by atoms with Gasteiger partial charge in [-0.05, 0) is 78.4 Å². The molecule has 0 N–H and O–H groups in total. The summed E-state index contributed by atoms with van der Waals surface area (Å²) in [6.07, 6.45) is 0. The first-order chi connectivity index (χ1) is 21.2. The van der Waals surface area contributed by atoms with E-state index < -0.39 is 7.92 Å². The average molecular weight is 610 g/mol. The summed E-state index contributed by atoms with van der Waals surface area (Å²) in [6.45, 7) is 0. The lowest BCUT2D eigenvalue weighted by molar-refractivity contribution is 0.410. The van der Waals surface area contributed by atoms with Crippen molar-refractivity contribution < 1.29 is 9.47 Å². The van der Waals surface area contributed by atoms with Gasteiger partial charge in [0.05, 0.1) is 14.2 Å². The van der Waals surface area contributed by atoms with Crippen molar-refractivity contribution in [3.63, 3.8) is 0 Å². The van der Waals surface area contributed by atoms with E-state index in [0.717, 1.165) is 22.6 Å². The first kappa shape index (κ1) is 26.4. The van der Waals surface area contributed by atoms with Crippen LogP contribution in [-0.4, -0.2) is 14.2 Å². The Balaban J connectivity index is 1.44. The van der Waals surface area contributed by atoms with Crippen LogP contribution in [0.3, 0.4) is 0 Å². The van der Waals surface area contributed by atoms with Crippen LogP contribution in [0.1, 0.15) is 0 Å². The molecule has 0 unspecified atom stereocenters. The maximum atomic E-state index is 6.03. The molecule has 8 aromatic rings. The highest BCUT2D eigenvalue weighted by Crippen LogP contribution is 2.45. The Morgan fingerprint density at radius 2 is 1.09 bits per heavy atom. The molecule has 207 valence electrons. The van der Waals surface area contributed by atoms with Crippen LogP contribution in [0.5, 0.6) is 11.5 Å². The molecule has 0 fully saturated rings. The third-order valence-electron chi connectivity index (χ3n) is 7.99. The lowest BCUT2D eigenvalue weighted by Crippen LogP contribution is -2.22. The average Bonchev–Trinajstić information content (AvgIpc) is 3.62. The maximum absolute atomic E-state index is 6.03. The number of ether oxygens (including phenoxy) is 2. The topological polar surface area (TPSA) is 18.5 Å². The SMILES string of the molecule is COc1ccc[c]c1-c1c(OC)cccc1P(c1ccc2sc3ccccc3c2c1)c1ccc2sc3ccccc3c2c1. The number of fused-ring (bicyclic) bond motifs is 6. The number of hydrogen-bond donors (Lipinski definition) is 0. The minimum atomic E-state index is -0.995. The highest BCUT2D eigenvalue weighted by molar-refractivity contribution is 7.80. The predicted octanol–water partition coefficient (Wildman–Crippen LogP) is 9.66. The lowest BCUT2D eigenvalue weighted by Gasteiger charge is -2.25. The second-order valence-electron chi connectivity index (χ2n) is 10.4. The van der Waals surface area contributed by atoms with Crippen LogP contribution in [0.2, 0.25) is 0 Å². The molecular weight excluding hydrogens is 584 g/mol. The Hall–Kier alpha value is -4.21. The van der Waals surface area contributed by atoms with Gasteiger partial charge in [-0.15, -0.1) is 22.7 Å².